The summed E-state index contributed by atoms with van der Waals surface area (Å²) in [7, 11) is 0. The zero-order chi connectivity index (χ0) is 6.85. The quantitative estimate of drug-likeness (QED) is 0.440. The molecule has 0 spiro atoms. The highest BCUT2D eigenvalue weighted by Crippen LogP contribution is 1.96. The van der Waals surface area contributed by atoms with E-state index in [4.69, 9.17) is 8.48 Å². The number of hydrogen-bond acceptors (Lipinski definition) is 2. The van der Waals surface area contributed by atoms with Crippen molar-refractivity contribution < 1.29 is 2.74 Å². The van der Waals surface area contributed by atoms with Crippen LogP contribution in [0.2, 0.25) is 0 Å². The van der Waals surface area contributed by atoms with Gasteiger partial charge in [0, 0.05) is 15.3 Å². The molecule has 1 rings (SSSR count). The van der Waals surface area contributed by atoms with Crippen LogP contribution in [0.25, 0.3) is 0 Å². The Labute approximate surface area is 46.9 Å². The van der Waals surface area contributed by atoms with E-state index in [-0.39, 0.29) is 12.6 Å². The van der Waals surface area contributed by atoms with Crippen LogP contribution in [0.1, 0.15) is 15.6 Å². The molecule has 1 saturated heterocycles. The van der Waals surface area contributed by atoms with Gasteiger partial charge in [0.05, 0.1) is 0 Å². The zero-order valence-corrected chi connectivity index (χ0v) is 4.22. The average molecular weight is 102 g/mol. The fraction of sp³-hybridized carbons (Fsp3) is 1.00. The second kappa shape index (κ2) is 2.28. The van der Waals surface area contributed by atoms with Crippen molar-refractivity contribution in [3.8, 4) is 0 Å². The van der Waals surface area contributed by atoms with Crippen LogP contribution in [-0.2, 0) is 0 Å². The van der Waals surface area contributed by atoms with Gasteiger partial charge in [0.25, 0.3) is 0 Å². The second-order valence-corrected chi connectivity index (χ2v) is 1.78. The van der Waals surface area contributed by atoms with Crippen molar-refractivity contribution in [1.29, 1.82) is 0 Å². The summed E-state index contributed by atoms with van der Waals surface area (Å²) in [4.78, 5) is 0. The molecule has 0 aromatic heterocycles. The lowest BCUT2D eigenvalue weighted by Crippen LogP contribution is -2.39. The lowest BCUT2D eigenvalue weighted by Gasteiger charge is -2.17. The summed E-state index contributed by atoms with van der Waals surface area (Å²) in [6, 6.07) is -0.0772. The third-order valence-electron chi connectivity index (χ3n) is 1.07. The molecule has 0 aromatic carbocycles. The first kappa shape index (κ1) is 3.05. The van der Waals surface area contributed by atoms with Crippen molar-refractivity contribution in [3.05, 3.63) is 0 Å². The second-order valence-electron chi connectivity index (χ2n) is 1.78. The fourth-order valence-corrected chi connectivity index (χ4v) is 0.634. The first-order valence-electron chi connectivity index (χ1n) is 3.72. The van der Waals surface area contributed by atoms with E-state index in [1.54, 1.807) is 0 Å². The SMILES string of the molecule is [2H]C1CCC(N)C([2H])N1. The Morgan fingerprint density at radius 3 is 3.29 bits per heavy atom. The molecule has 3 atom stereocenters. The number of nitrogens with two attached hydrogens (primary N) is 1. The van der Waals surface area contributed by atoms with Gasteiger partial charge in [-0.15, -0.1) is 0 Å². The Balaban J connectivity index is 2.35. The summed E-state index contributed by atoms with van der Waals surface area (Å²) >= 11 is 0. The molecule has 0 aromatic rings. The van der Waals surface area contributed by atoms with E-state index in [1.165, 1.54) is 0 Å². The molecule has 2 nitrogen and oxygen atoms in total. The van der Waals surface area contributed by atoms with E-state index in [0.717, 1.165) is 12.8 Å². The first-order valence-corrected chi connectivity index (χ1v) is 2.56. The van der Waals surface area contributed by atoms with E-state index in [9.17, 15) is 0 Å². The number of rotatable bonds is 0. The van der Waals surface area contributed by atoms with Crippen LogP contribution in [-0.4, -0.2) is 19.1 Å². The Bertz CT molecular complexity index is 99.0. The van der Waals surface area contributed by atoms with Crippen LogP contribution in [0.3, 0.4) is 0 Å². The highest BCUT2D eigenvalue weighted by atomic mass is 14.9. The lowest BCUT2D eigenvalue weighted by atomic mass is 10.1. The van der Waals surface area contributed by atoms with E-state index in [2.05, 4.69) is 5.32 Å². The third-order valence-corrected chi connectivity index (χ3v) is 1.07. The molecular weight excluding hydrogens is 88.1 g/mol. The molecule has 0 aliphatic carbocycles. The number of nitrogens with one attached hydrogen (secondary N) is 1. The van der Waals surface area contributed by atoms with Gasteiger partial charge in [-0.3, -0.25) is 0 Å². The van der Waals surface area contributed by atoms with Gasteiger partial charge in [-0.2, -0.15) is 0 Å². The molecule has 7 heavy (non-hydrogen) atoms. The van der Waals surface area contributed by atoms with Crippen molar-refractivity contribution in [2.45, 2.75) is 18.9 Å². The fourth-order valence-electron chi connectivity index (χ4n) is 0.634. The molecule has 3 N–H and O–H groups in total. The summed E-state index contributed by atoms with van der Waals surface area (Å²) in [5.41, 5.74) is 5.51. The minimum atomic E-state index is -0.429. The van der Waals surface area contributed by atoms with Gasteiger partial charge < -0.3 is 11.1 Å². The molecule has 1 aliphatic heterocycles. The molecule has 42 valence electrons. The van der Waals surface area contributed by atoms with Gasteiger partial charge in [-0.25, -0.2) is 0 Å². The monoisotopic (exact) mass is 102 g/mol. The van der Waals surface area contributed by atoms with E-state index in [0.29, 0.717) is 0 Å². The minimum absolute atomic E-state index is 0.0772. The summed E-state index contributed by atoms with van der Waals surface area (Å²) in [6.45, 7) is -0.700. The van der Waals surface area contributed by atoms with Crippen LogP contribution < -0.4 is 11.1 Å². The largest absolute Gasteiger partial charge is 0.327 e. The molecule has 1 fully saturated rings. The summed E-state index contributed by atoms with van der Waals surface area (Å²) in [5, 5.41) is 2.74. The lowest BCUT2D eigenvalue weighted by molar-refractivity contribution is 0.459. The van der Waals surface area contributed by atoms with E-state index < -0.39 is 6.52 Å². The first-order chi connectivity index (χ1) is 4.20. The maximum absolute atomic E-state index is 7.25. The van der Waals surface area contributed by atoms with Crippen molar-refractivity contribution >= 4 is 0 Å². The Morgan fingerprint density at radius 2 is 2.71 bits per heavy atom. The van der Waals surface area contributed by atoms with Crippen molar-refractivity contribution in [1.82, 2.24) is 5.32 Å². The van der Waals surface area contributed by atoms with Gasteiger partial charge in [0.1, 0.15) is 0 Å². The number of piperidine rings is 1. The molecular formula is C5H12N2. The average Bonchev–Trinajstić information content (AvgIpc) is 1.80. The Kier molecular flexibility index (Phi) is 0.995. The zero-order valence-electron chi connectivity index (χ0n) is 6.22. The molecule has 3 unspecified atom stereocenters. The Morgan fingerprint density at radius 1 is 1.86 bits per heavy atom. The molecule has 0 saturated carbocycles. The molecule has 1 heterocycles. The topological polar surface area (TPSA) is 38.0 Å². The van der Waals surface area contributed by atoms with Crippen LogP contribution >= 0.6 is 0 Å². The predicted octanol–water partition coefficient (Wildman–Crippen LogP) is -0.303. The van der Waals surface area contributed by atoms with Gasteiger partial charge in [0.2, 0.25) is 0 Å². The smallest absolute Gasteiger partial charge is 0.0444 e. The van der Waals surface area contributed by atoms with Crippen LogP contribution in [0.15, 0.2) is 0 Å². The molecule has 2 heteroatoms. The number of hydrogen-bond donors (Lipinski definition) is 2. The van der Waals surface area contributed by atoms with Gasteiger partial charge >= 0.3 is 0 Å². The van der Waals surface area contributed by atoms with E-state index in [1.807, 2.05) is 0 Å². The maximum atomic E-state index is 7.25. The molecule has 0 bridgehead atoms. The molecule has 0 radical (unpaired) electrons. The minimum Gasteiger partial charge on any atom is -0.327 e. The van der Waals surface area contributed by atoms with Crippen LogP contribution in [0.4, 0.5) is 0 Å². The van der Waals surface area contributed by atoms with Gasteiger partial charge in [0.15, 0.2) is 0 Å². The standard InChI is InChI=1S/C5H12N2/c6-5-2-1-3-7-4-5/h5,7H,1-4,6H2/i3D,4D. The normalized spacial score (nSPS) is 58.1. The van der Waals surface area contributed by atoms with E-state index >= 15 is 0 Å². The van der Waals surface area contributed by atoms with Crippen molar-refractivity contribution in [3.63, 3.8) is 0 Å². The van der Waals surface area contributed by atoms with Crippen LogP contribution in [0, 0.1) is 0 Å². The highest BCUT2D eigenvalue weighted by Gasteiger charge is 2.05. The Hall–Kier alpha value is -0.0800. The predicted molar refractivity (Wildman–Crippen MR) is 30.1 cm³/mol. The van der Waals surface area contributed by atoms with Gasteiger partial charge in [-0.1, -0.05) is 0 Å². The third kappa shape index (κ3) is 1.45. The van der Waals surface area contributed by atoms with Crippen molar-refractivity contribution in [2.24, 2.45) is 5.73 Å². The molecule has 1 aliphatic rings. The summed E-state index contributed by atoms with van der Waals surface area (Å²) < 4.78 is 14.5. The molecule has 0 amide bonds. The summed E-state index contributed by atoms with van der Waals surface area (Å²) in [6.07, 6.45) is 1.58. The maximum Gasteiger partial charge on any atom is 0.0444 e. The van der Waals surface area contributed by atoms with Crippen LogP contribution in [0.5, 0.6) is 0 Å². The highest BCUT2D eigenvalue weighted by molar-refractivity contribution is 4.69. The van der Waals surface area contributed by atoms with Gasteiger partial charge in [-0.05, 0) is 19.4 Å². The summed E-state index contributed by atoms with van der Waals surface area (Å²) in [5.74, 6) is 0. The van der Waals surface area contributed by atoms with Crippen molar-refractivity contribution in [2.75, 3.05) is 13.0 Å².